The number of ether oxygens (including phenoxy) is 2. The van der Waals surface area contributed by atoms with Gasteiger partial charge in [0.25, 0.3) is 0 Å². The topological polar surface area (TPSA) is 55.8 Å². The van der Waals surface area contributed by atoms with Crippen molar-refractivity contribution in [3.05, 3.63) is 36.5 Å². The van der Waals surface area contributed by atoms with Gasteiger partial charge in [-0.2, -0.15) is 0 Å². The van der Waals surface area contributed by atoms with Crippen LogP contribution in [0.2, 0.25) is 0 Å². The van der Waals surface area contributed by atoms with Crippen LogP contribution in [0, 0.1) is 0 Å². The summed E-state index contributed by atoms with van der Waals surface area (Å²) in [7, 11) is 0. The van der Waals surface area contributed by atoms with Gasteiger partial charge in [-0.1, -0.05) is 192 Å². The van der Waals surface area contributed by atoms with E-state index < -0.39 is 6.10 Å². The molecular weight excluding hydrogens is 629 g/mol. The smallest absolute Gasteiger partial charge is 0.306 e. The molecule has 0 saturated carbocycles. The van der Waals surface area contributed by atoms with Crippen molar-refractivity contribution in [1.82, 2.24) is 0 Å². The van der Waals surface area contributed by atoms with Gasteiger partial charge in [0.15, 0.2) is 0 Å². The van der Waals surface area contributed by atoms with Crippen LogP contribution >= 0.6 is 0 Å². The molecule has 0 spiro atoms. The number of esters is 1. The quantitative estimate of drug-likeness (QED) is 0.0388. The lowest BCUT2D eigenvalue weighted by Crippen LogP contribution is -2.27. The van der Waals surface area contributed by atoms with Gasteiger partial charge in [-0.05, 0) is 70.6 Å². The van der Waals surface area contributed by atoms with E-state index in [1.807, 2.05) is 0 Å². The molecule has 0 aliphatic carbocycles. The Morgan fingerprint density at radius 3 is 1.27 bits per heavy atom. The second-order valence-electron chi connectivity index (χ2n) is 15.1. The maximum atomic E-state index is 12.2. The fourth-order valence-electron chi connectivity index (χ4n) is 6.53. The van der Waals surface area contributed by atoms with E-state index in [0.717, 1.165) is 25.7 Å². The Bertz CT molecular complexity index is 757. The summed E-state index contributed by atoms with van der Waals surface area (Å²) in [5.74, 6) is -0.207. The molecule has 1 N–H and O–H groups in total. The van der Waals surface area contributed by atoms with E-state index in [4.69, 9.17) is 9.47 Å². The van der Waals surface area contributed by atoms with E-state index in [1.54, 1.807) is 0 Å². The number of allylic oxidation sites excluding steroid dienone is 6. The zero-order valence-corrected chi connectivity index (χ0v) is 34.4. The van der Waals surface area contributed by atoms with Gasteiger partial charge in [0.2, 0.25) is 0 Å². The second-order valence-corrected chi connectivity index (χ2v) is 15.1. The number of unbranched alkanes of at least 4 members (excludes halogenated alkanes) is 28. The van der Waals surface area contributed by atoms with Gasteiger partial charge in [-0.25, -0.2) is 0 Å². The SMILES string of the molecule is CCCCC/C=C\C/C=C\CCCCCCCCCC(=O)OC(CO)COCCCCCCCCCCCC/C=C\CCCCCCCCCC. The first-order valence-corrected chi connectivity index (χ1v) is 22.6. The van der Waals surface area contributed by atoms with Crippen LogP contribution in [0.1, 0.15) is 232 Å². The van der Waals surface area contributed by atoms with Gasteiger partial charge in [-0.15, -0.1) is 0 Å². The zero-order chi connectivity index (χ0) is 37.0. The van der Waals surface area contributed by atoms with Gasteiger partial charge < -0.3 is 14.6 Å². The fourth-order valence-corrected chi connectivity index (χ4v) is 6.53. The molecule has 4 heteroatoms. The van der Waals surface area contributed by atoms with Crippen LogP contribution in [0.3, 0.4) is 0 Å². The first-order chi connectivity index (χ1) is 25.2. The Morgan fingerprint density at radius 2 is 0.824 bits per heavy atom. The molecule has 0 aliphatic heterocycles. The van der Waals surface area contributed by atoms with Crippen molar-refractivity contribution in [2.45, 2.75) is 238 Å². The van der Waals surface area contributed by atoms with Crippen LogP contribution in [0.4, 0.5) is 0 Å². The number of aliphatic hydroxyl groups excluding tert-OH is 1. The van der Waals surface area contributed by atoms with Crippen molar-refractivity contribution >= 4 is 5.97 Å². The summed E-state index contributed by atoms with van der Waals surface area (Å²) in [5.41, 5.74) is 0. The van der Waals surface area contributed by atoms with Crippen LogP contribution in [0.5, 0.6) is 0 Å². The van der Waals surface area contributed by atoms with E-state index in [1.165, 1.54) is 186 Å². The lowest BCUT2D eigenvalue weighted by molar-refractivity contribution is -0.154. The monoisotopic (exact) mass is 717 g/mol. The van der Waals surface area contributed by atoms with E-state index in [-0.39, 0.29) is 12.6 Å². The highest BCUT2D eigenvalue weighted by Gasteiger charge is 2.13. The van der Waals surface area contributed by atoms with Gasteiger partial charge in [0.05, 0.1) is 13.2 Å². The minimum atomic E-state index is -0.538. The molecule has 0 saturated heterocycles. The number of rotatable bonds is 42. The lowest BCUT2D eigenvalue weighted by Gasteiger charge is -2.16. The highest BCUT2D eigenvalue weighted by atomic mass is 16.6. The third kappa shape index (κ3) is 42.9. The molecule has 0 aromatic carbocycles. The molecule has 51 heavy (non-hydrogen) atoms. The van der Waals surface area contributed by atoms with Gasteiger partial charge in [0, 0.05) is 13.0 Å². The average molecular weight is 717 g/mol. The van der Waals surface area contributed by atoms with Crippen molar-refractivity contribution < 1.29 is 19.4 Å². The molecule has 0 aromatic rings. The summed E-state index contributed by atoms with van der Waals surface area (Å²) in [6.45, 7) is 5.33. The van der Waals surface area contributed by atoms with Crippen molar-refractivity contribution in [3.63, 3.8) is 0 Å². The maximum absolute atomic E-state index is 12.2. The summed E-state index contributed by atoms with van der Waals surface area (Å²) in [5, 5.41) is 9.61. The molecule has 0 heterocycles. The maximum Gasteiger partial charge on any atom is 0.306 e. The molecule has 0 amide bonds. The Balaban J connectivity index is 3.41. The number of hydrogen-bond acceptors (Lipinski definition) is 4. The van der Waals surface area contributed by atoms with Crippen LogP contribution in [-0.2, 0) is 14.3 Å². The van der Waals surface area contributed by atoms with Crippen LogP contribution < -0.4 is 0 Å². The predicted octanol–water partition coefficient (Wildman–Crippen LogP) is 14.9. The van der Waals surface area contributed by atoms with Crippen molar-refractivity contribution in [1.29, 1.82) is 0 Å². The number of hydrogen-bond donors (Lipinski definition) is 1. The average Bonchev–Trinajstić information content (AvgIpc) is 3.14. The summed E-state index contributed by atoms with van der Waals surface area (Å²) >= 11 is 0. The van der Waals surface area contributed by atoms with Gasteiger partial charge in [-0.3, -0.25) is 4.79 Å². The largest absolute Gasteiger partial charge is 0.457 e. The molecule has 0 bridgehead atoms. The standard InChI is InChI=1S/C47H88O4/c1-3-5-7-9-11-13-15-17-19-21-22-23-24-25-27-29-31-33-35-37-39-41-43-50-45-46(44-48)51-47(49)42-40-38-36-34-32-30-28-26-20-18-16-14-12-10-8-6-4-2/h12,14,18,20-22,46,48H,3-11,13,15-17,19,23-45H2,1-2H3/b14-12-,20-18-,22-21-. The number of carbonyl (C=O) groups is 1. The molecule has 0 radical (unpaired) electrons. The van der Waals surface area contributed by atoms with Crippen LogP contribution in [-0.4, -0.2) is 37.0 Å². The predicted molar refractivity (Wildman–Crippen MR) is 224 cm³/mol. The van der Waals surface area contributed by atoms with Crippen molar-refractivity contribution in [3.8, 4) is 0 Å². The third-order valence-electron chi connectivity index (χ3n) is 9.94. The molecule has 0 rings (SSSR count). The summed E-state index contributed by atoms with van der Waals surface area (Å²) in [4.78, 5) is 12.2. The first-order valence-electron chi connectivity index (χ1n) is 22.6. The molecular formula is C47H88O4. The molecule has 0 aromatic heterocycles. The van der Waals surface area contributed by atoms with E-state index in [0.29, 0.717) is 19.6 Å². The Morgan fingerprint density at radius 1 is 0.471 bits per heavy atom. The Kier molecular flexibility index (Phi) is 43.5. The minimum absolute atomic E-state index is 0.174. The fraction of sp³-hybridized carbons (Fsp3) is 0.851. The van der Waals surface area contributed by atoms with Crippen LogP contribution in [0.15, 0.2) is 36.5 Å². The lowest BCUT2D eigenvalue weighted by atomic mass is 10.1. The molecule has 300 valence electrons. The van der Waals surface area contributed by atoms with Gasteiger partial charge in [0.1, 0.15) is 6.10 Å². The number of aliphatic hydroxyl groups is 1. The normalized spacial score (nSPS) is 12.6. The van der Waals surface area contributed by atoms with E-state index in [2.05, 4.69) is 50.3 Å². The van der Waals surface area contributed by atoms with E-state index in [9.17, 15) is 9.90 Å². The molecule has 0 aliphatic rings. The van der Waals surface area contributed by atoms with Gasteiger partial charge >= 0.3 is 5.97 Å². The minimum Gasteiger partial charge on any atom is -0.457 e. The Hall–Kier alpha value is -1.39. The first kappa shape index (κ1) is 49.6. The van der Waals surface area contributed by atoms with Crippen molar-refractivity contribution in [2.75, 3.05) is 19.8 Å². The van der Waals surface area contributed by atoms with Crippen molar-refractivity contribution in [2.24, 2.45) is 0 Å². The number of carbonyl (C=O) groups excluding carboxylic acids is 1. The second kappa shape index (κ2) is 44.8. The highest BCUT2D eigenvalue weighted by molar-refractivity contribution is 5.69. The summed E-state index contributed by atoms with van der Waals surface area (Å²) in [6, 6.07) is 0. The zero-order valence-electron chi connectivity index (χ0n) is 34.4. The Labute approximate surface area is 319 Å². The highest BCUT2D eigenvalue weighted by Crippen LogP contribution is 2.14. The summed E-state index contributed by atoms with van der Waals surface area (Å²) < 4.78 is 11.2. The molecule has 4 nitrogen and oxygen atoms in total. The molecule has 1 unspecified atom stereocenters. The van der Waals surface area contributed by atoms with Crippen LogP contribution in [0.25, 0.3) is 0 Å². The van der Waals surface area contributed by atoms with E-state index >= 15 is 0 Å². The molecule has 0 fully saturated rings. The third-order valence-corrected chi connectivity index (χ3v) is 9.94. The molecule has 1 atom stereocenters. The summed E-state index contributed by atoms with van der Waals surface area (Å²) in [6.07, 6.45) is 56.4.